The van der Waals surface area contributed by atoms with Crippen molar-refractivity contribution in [2.45, 2.75) is 26.4 Å². The molecule has 0 fully saturated rings. The van der Waals surface area contributed by atoms with Crippen LogP contribution in [0.4, 0.5) is 0 Å². The number of amides is 1. The van der Waals surface area contributed by atoms with E-state index in [-0.39, 0.29) is 17.9 Å². The first-order valence-electron chi connectivity index (χ1n) is 9.73. The van der Waals surface area contributed by atoms with Crippen LogP contribution in [0, 0.1) is 5.92 Å². The van der Waals surface area contributed by atoms with E-state index < -0.39 is 0 Å². The molecule has 0 saturated carbocycles. The molecule has 1 aromatic carbocycles. The molecule has 5 rings (SSSR count). The lowest BCUT2D eigenvalue weighted by Crippen LogP contribution is -2.44. The lowest BCUT2D eigenvalue weighted by atomic mass is 9.99. The van der Waals surface area contributed by atoms with Crippen molar-refractivity contribution >= 4 is 11.6 Å². The van der Waals surface area contributed by atoms with Crippen molar-refractivity contribution in [3.05, 3.63) is 66.4 Å². The van der Waals surface area contributed by atoms with E-state index in [1.807, 2.05) is 39.9 Å². The Morgan fingerprint density at radius 3 is 2.69 bits per heavy atom. The highest BCUT2D eigenvalue weighted by Gasteiger charge is 2.37. The summed E-state index contributed by atoms with van der Waals surface area (Å²) in [6.07, 6.45) is 3.48. The van der Waals surface area contributed by atoms with Crippen LogP contribution < -0.4 is 0 Å². The van der Waals surface area contributed by atoms with Crippen LogP contribution in [0.3, 0.4) is 0 Å². The fourth-order valence-corrected chi connectivity index (χ4v) is 3.90. The molecule has 0 bridgehead atoms. The highest BCUT2D eigenvalue weighted by atomic mass is 16.2. The first-order chi connectivity index (χ1) is 14.1. The van der Waals surface area contributed by atoms with E-state index in [2.05, 4.69) is 23.9 Å². The average Bonchev–Trinajstić information content (AvgIpc) is 3.37. The van der Waals surface area contributed by atoms with E-state index in [1.165, 1.54) is 0 Å². The number of hydrogen-bond donors (Lipinski definition) is 0. The van der Waals surface area contributed by atoms with Crippen LogP contribution in [0.1, 0.15) is 36.2 Å². The molecule has 1 atom stereocenters. The minimum atomic E-state index is -0.168. The smallest absolute Gasteiger partial charge is 0.275 e. The molecule has 8 nitrogen and oxygen atoms in total. The second kappa shape index (κ2) is 6.80. The Morgan fingerprint density at radius 1 is 1.10 bits per heavy atom. The Labute approximate surface area is 167 Å². The molecule has 4 aromatic rings. The van der Waals surface area contributed by atoms with Crippen LogP contribution in [0.5, 0.6) is 0 Å². The number of fused-ring (bicyclic) bond motifs is 2. The summed E-state index contributed by atoms with van der Waals surface area (Å²) in [5.41, 5.74) is 2.02. The van der Waals surface area contributed by atoms with Gasteiger partial charge in [-0.3, -0.25) is 4.79 Å². The molecule has 146 valence electrons. The van der Waals surface area contributed by atoms with Crippen LogP contribution in [-0.4, -0.2) is 46.7 Å². The van der Waals surface area contributed by atoms with Gasteiger partial charge in [0.25, 0.3) is 5.91 Å². The van der Waals surface area contributed by atoms with Gasteiger partial charge in [0.05, 0.1) is 12.6 Å². The molecule has 0 radical (unpaired) electrons. The number of nitrogens with zero attached hydrogens (tertiary/aromatic N) is 7. The molecule has 1 amide bonds. The van der Waals surface area contributed by atoms with Crippen molar-refractivity contribution in [3.8, 4) is 11.4 Å². The van der Waals surface area contributed by atoms with Crippen LogP contribution in [0.2, 0.25) is 0 Å². The molecule has 1 aliphatic heterocycles. The van der Waals surface area contributed by atoms with Gasteiger partial charge < -0.3 is 4.90 Å². The van der Waals surface area contributed by atoms with Gasteiger partial charge in [-0.1, -0.05) is 44.2 Å². The Kier molecular flexibility index (Phi) is 4.12. The molecule has 0 N–H and O–H groups in total. The number of benzene rings is 1. The normalized spacial score (nSPS) is 16.4. The van der Waals surface area contributed by atoms with E-state index >= 15 is 0 Å². The number of hydrogen-bond acceptors (Lipinski definition) is 5. The molecule has 4 heterocycles. The van der Waals surface area contributed by atoms with Gasteiger partial charge in [0.15, 0.2) is 23.0 Å². The van der Waals surface area contributed by atoms with Gasteiger partial charge >= 0.3 is 0 Å². The zero-order chi connectivity index (χ0) is 20.0. The molecule has 0 saturated heterocycles. The third kappa shape index (κ3) is 2.97. The van der Waals surface area contributed by atoms with Crippen LogP contribution in [0.15, 0.2) is 54.9 Å². The summed E-state index contributed by atoms with van der Waals surface area (Å²) >= 11 is 0. The molecule has 0 aliphatic carbocycles. The van der Waals surface area contributed by atoms with Crippen molar-refractivity contribution in [2.75, 3.05) is 6.54 Å². The van der Waals surface area contributed by atoms with Gasteiger partial charge in [-0.15, -0.1) is 0 Å². The standard InChI is InChI=1S/C21H21N7O/c1-14(2)18-20-23-19(15-7-4-3-5-8-15)25-28(20)12-11-26(18)21(29)16-13-17-22-9-6-10-27(17)24-16/h3-10,13-14,18H,11-12H2,1-2H3/t18-/m0/s1. The van der Waals surface area contributed by atoms with Gasteiger partial charge in [0.2, 0.25) is 0 Å². The second-order valence-corrected chi connectivity index (χ2v) is 7.52. The van der Waals surface area contributed by atoms with Gasteiger partial charge in [-0.2, -0.15) is 10.2 Å². The van der Waals surface area contributed by atoms with E-state index in [0.717, 1.165) is 11.4 Å². The molecule has 0 unspecified atom stereocenters. The number of carbonyl (C=O) groups excluding carboxylic acids is 1. The molecule has 3 aromatic heterocycles. The fourth-order valence-electron chi connectivity index (χ4n) is 3.90. The van der Waals surface area contributed by atoms with E-state index in [4.69, 9.17) is 10.1 Å². The van der Waals surface area contributed by atoms with Crippen LogP contribution >= 0.6 is 0 Å². The molecule has 29 heavy (non-hydrogen) atoms. The summed E-state index contributed by atoms with van der Waals surface area (Å²) in [5, 5.41) is 9.10. The Balaban J connectivity index is 1.52. The summed E-state index contributed by atoms with van der Waals surface area (Å²) in [6.45, 7) is 5.37. The third-order valence-electron chi connectivity index (χ3n) is 5.23. The van der Waals surface area contributed by atoms with Crippen molar-refractivity contribution in [2.24, 2.45) is 5.92 Å². The monoisotopic (exact) mass is 387 g/mol. The first kappa shape index (κ1) is 17.5. The molecule has 8 heteroatoms. The van der Waals surface area contributed by atoms with Gasteiger partial charge in [0, 0.05) is 30.6 Å². The fraction of sp³-hybridized carbons (Fsp3) is 0.286. The summed E-state index contributed by atoms with van der Waals surface area (Å²) < 4.78 is 3.56. The largest absolute Gasteiger partial charge is 0.325 e. The lowest BCUT2D eigenvalue weighted by Gasteiger charge is -2.37. The Bertz CT molecular complexity index is 1150. The average molecular weight is 387 g/mol. The summed E-state index contributed by atoms with van der Waals surface area (Å²) in [4.78, 5) is 24.3. The quantitative estimate of drug-likeness (QED) is 0.540. The molecular formula is C21H21N7O. The summed E-state index contributed by atoms with van der Waals surface area (Å²) in [7, 11) is 0. The molecule has 0 spiro atoms. The number of aromatic nitrogens is 6. The van der Waals surface area contributed by atoms with Crippen LogP contribution in [0.25, 0.3) is 17.0 Å². The highest BCUT2D eigenvalue weighted by Crippen LogP contribution is 2.33. The highest BCUT2D eigenvalue weighted by molar-refractivity contribution is 5.93. The number of carbonyl (C=O) groups is 1. The molecule has 1 aliphatic rings. The van der Waals surface area contributed by atoms with Crippen molar-refractivity contribution in [3.63, 3.8) is 0 Å². The Hall–Kier alpha value is -3.55. The van der Waals surface area contributed by atoms with E-state index in [1.54, 1.807) is 29.0 Å². The van der Waals surface area contributed by atoms with Crippen LogP contribution in [-0.2, 0) is 6.54 Å². The predicted molar refractivity (Wildman–Crippen MR) is 107 cm³/mol. The zero-order valence-electron chi connectivity index (χ0n) is 16.3. The minimum absolute atomic E-state index is 0.107. The second-order valence-electron chi connectivity index (χ2n) is 7.52. The van der Waals surface area contributed by atoms with Gasteiger partial charge in [0.1, 0.15) is 0 Å². The SMILES string of the molecule is CC(C)[C@H]1c2nc(-c3ccccc3)nn2CCN1C(=O)c1cc2ncccn2n1. The zero-order valence-corrected chi connectivity index (χ0v) is 16.3. The number of rotatable bonds is 3. The minimum Gasteiger partial charge on any atom is -0.325 e. The first-order valence-corrected chi connectivity index (χ1v) is 9.73. The summed E-state index contributed by atoms with van der Waals surface area (Å²) in [6, 6.07) is 13.3. The maximum Gasteiger partial charge on any atom is 0.275 e. The predicted octanol–water partition coefficient (Wildman–Crippen LogP) is 2.84. The maximum atomic E-state index is 13.3. The summed E-state index contributed by atoms with van der Waals surface area (Å²) in [5.74, 6) is 1.59. The van der Waals surface area contributed by atoms with Crippen molar-refractivity contribution in [1.82, 2.24) is 34.3 Å². The maximum absolute atomic E-state index is 13.3. The lowest BCUT2D eigenvalue weighted by molar-refractivity contribution is 0.0530. The van der Waals surface area contributed by atoms with E-state index in [9.17, 15) is 4.79 Å². The Morgan fingerprint density at radius 2 is 1.93 bits per heavy atom. The molecular weight excluding hydrogens is 366 g/mol. The third-order valence-corrected chi connectivity index (χ3v) is 5.23. The van der Waals surface area contributed by atoms with E-state index in [0.29, 0.717) is 30.3 Å². The topological polar surface area (TPSA) is 81.2 Å². The van der Waals surface area contributed by atoms with Crippen molar-refractivity contribution in [1.29, 1.82) is 0 Å². The van der Waals surface area contributed by atoms with Gasteiger partial charge in [-0.25, -0.2) is 19.2 Å². The van der Waals surface area contributed by atoms with Gasteiger partial charge in [-0.05, 0) is 12.0 Å². The van der Waals surface area contributed by atoms with Crippen molar-refractivity contribution < 1.29 is 4.79 Å².